The highest BCUT2D eigenvalue weighted by Crippen LogP contribution is 2.24. The third-order valence-electron chi connectivity index (χ3n) is 5.73. The minimum atomic E-state index is -3.37. The molecule has 3 aromatic rings. The third kappa shape index (κ3) is 8.01. The molecule has 200 valence electrons. The van der Waals surface area contributed by atoms with Gasteiger partial charge in [0, 0.05) is 17.5 Å². The van der Waals surface area contributed by atoms with Crippen molar-refractivity contribution in [3.63, 3.8) is 0 Å². The third-order valence-corrected chi connectivity index (χ3v) is 7.55. The summed E-state index contributed by atoms with van der Waals surface area (Å²) in [5.74, 6) is -1.41. The van der Waals surface area contributed by atoms with Crippen molar-refractivity contribution in [1.29, 1.82) is 0 Å². The zero-order valence-corrected chi connectivity index (χ0v) is 21.9. The Morgan fingerprint density at radius 2 is 1.55 bits per heavy atom. The summed E-state index contributed by atoms with van der Waals surface area (Å²) in [4.78, 5) is 36.6. The van der Waals surface area contributed by atoms with E-state index in [1.54, 1.807) is 73.7 Å². The number of rotatable bonds is 14. The molecular formula is C29H30O8S. The van der Waals surface area contributed by atoms with Gasteiger partial charge in [-0.25, -0.2) is 13.2 Å². The minimum absolute atomic E-state index is 0.00938. The molecule has 38 heavy (non-hydrogen) atoms. The van der Waals surface area contributed by atoms with E-state index in [0.717, 1.165) is 0 Å². The Bertz CT molecular complexity index is 1380. The van der Waals surface area contributed by atoms with Crippen LogP contribution in [0.3, 0.4) is 0 Å². The predicted octanol–water partition coefficient (Wildman–Crippen LogP) is 4.74. The number of sulfone groups is 1. The molecule has 0 aliphatic carbocycles. The molecule has 0 spiro atoms. The lowest BCUT2D eigenvalue weighted by molar-refractivity contribution is -0.136. The van der Waals surface area contributed by atoms with Gasteiger partial charge in [-0.1, -0.05) is 30.3 Å². The first kappa shape index (κ1) is 28.6. The number of unbranched alkanes of at least 4 members (excludes halogenated alkanes) is 1. The van der Waals surface area contributed by atoms with Crippen molar-refractivity contribution in [2.45, 2.75) is 37.5 Å². The normalized spacial score (nSPS) is 11.1. The number of ketones is 1. The van der Waals surface area contributed by atoms with Gasteiger partial charge in [0.15, 0.2) is 15.6 Å². The average molecular weight is 539 g/mol. The van der Waals surface area contributed by atoms with Crippen molar-refractivity contribution in [3.05, 3.63) is 95.1 Å². The van der Waals surface area contributed by atoms with E-state index in [-0.39, 0.29) is 48.1 Å². The average Bonchev–Trinajstić information content (AvgIpc) is 2.92. The van der Waals surface area contributed by atoms with Gasteiger partial charge in [0.05, 0.1) is 29.4 Å². The van der Waals surface area contributed by atoms with Crippen LogP contribution in [0.15, 0.2) is 77.7 Å². The van der Waals surface area contributed by atoms with Crippen LogP contribution in [0.1, 0.15) is 58.0 Å². The summed E-state index contributed by atoms with van der Waals surface area (Å²) in [5.41, 5.74) is 1.44. The van der Waals surface area contributed by atoms with Gasteiger partial charge in [0.1, 0.15) is 5.75 Å². The van der Waals surface area contributed by atoms with Crippen LogP contribution in [0.2, 0.25) is 0 Å². The number of hydrogen-bond donors (Lipinski definition) is 1. The van der Waals surface area contributed by atoms with Crippen LogP contribution in [0.25, 0.3) is 0 Å². The van der Waals surface area contributed by atoms with Crippen molar-refractivity contribution in [2.75, 3.05) is 19.0 Å². The standard InChI is InChI=1S/C29H30O8S/c1-2-36-29(33)24-10-8-9-22(20-24)28(32)23-13-15-26(21(19-23)14-16-27(30)31)37-17-6-7-18-38(34,35)25-11-4-3-5-12-25/h3-5,8-13,15,19-20H,2,6-7,14,16-18H2,1H3,(H,30,31). The number of carboxylic acid groups (broad SMARTS) is 1. The SMILES string of the molecule is CCOC(=O)c1cccc(C(=O)c2ccc(OCCCCS(=O)(=O)c3ccccc3)c(CCC(=O)O)c2)c1. The van der Waals surface area contributed by atoms with Crippen LogP contribution in [0, 0.1) is 0 Å². The van der Waals surface area contributed by atoms with E-state index < -0.39 is 21.8 Å². The summed E-state index contributed by atoms with van der Waals surface area (Å²) in [7, 11) is -3.37. The Hall–Kier alpha value is -3.98. The molecule has 0 aliphatic rings. The molecule has 0 aliphatic heterocycles. The molecule has 0 unspecified atom stereocenters. The van der Waals surface area contributed by atoms with Crippen molar-refractivity contribution in [1.82, 2.24) is 0 Å². The maximum absolute atomic E-state index is 13.1. The maximum Gasteiger partial charge on any atom is 0.338 e. The number of esters is 1. The molecule has 0 radical (unpaired) electrons. The molecule has 0 saturated carbocycles. The van der Waals surface area contributed by atoms with E-state index in [9.17, 15) is 22.8 Å². The number of benzene rings is 3. The summed E-state index contributed by atoms with van der Waals surface area (Å²) in [6, 6.07) is 19.3. The van der Waals surface area contributed by atoms with Gasteiger partial charge in [0.2, 0.25) is 0 Å². The summed E-state index contributed by atoms with van der Waals surface area (Å²) in [6.07, 6.45) is 0.875. The molecule has 3 rings (SSSR count). The molecule has 1 N–H and O–H groups in total. The zero-order valence-electron chi connectivity index (χ0n) is 21.1. The number of carboxylic acids is 1. The smallest absolute Gasteiger partial charge is 0.338 e. The van der Waals surface area contributed by atoms with E-state index in [1.807, 2.05) is 0 Å². The predicted molar refractivity (Wildman–Crippen MR) is 141 cm³/mol. The fourth-order valence-corrected chi connectivity index (χ4v) is 5.18. The highest BCUT2D eigenvalue weighted by Gasteiger charge is 2.17. The largest absolute Gasteiger partial charge is 0.493 e. The van der Waals surface area contributed by atoms with Gasteiger partial charge >= 0.3 is 11.9 Å². The van der Waals surface area contributed by atoms with Crippen molar-refractivity contribution in [3.8, 4) is 5.75 Å². The Morgan fingerprint density at radius 1 is 0.842 bits per heavy atom. The molecule has 0 fully saturated rings. The van der Waals surface area contributed by atoms with Gasteiger partial charge in [-0.15, -0.1) is 0 Å². The molecule has 0 bridgehead atoms. The van der Waals surface area contributed by atoms with Gasteiger partial charge in [0.25, 0.3) is 0 Å². The molecule has 0 atom stereocenters. The van der Waals surface area contributed by atoms with Crippen molar-refractivity contribution >= 4 is 27.6 Å². The van der Waals surface area contributed by atoms with E-state index >= 15 is 0 Å². The molecule has 0 amide bonds. The molecule has 0 saturated heterocycles. The molecule has 0 aromatic heterocycles. The zero-order chi connectivity index (χ0) is 27.5. The number of aliphatic carboxylic acids is 1. The summed E-state index contributed by atoms with van der Waals surface area (Å²) >= 11 is 0. The van der Waals surface area contributed by atoms with E-state index in [1.165, 1.54) is 6.07 Å². The quantitative estimate of drug-likeness (QED) is 0.177. The molecular weight excluding hydrogens is 508 g/mol. The van der Waals surface area contributed by atoms with Gasteiger partial charge in [-0.05, 0) is 74.2 Å². The monoisotopic (exact) mass is 538 g/mol. The fourth-order valence-electron chi connectivity index (χ4n) is 3.79. The van der Waals surface area contributed by atoms with E-state index in [4.69, 9.17) is 14.6 Å². The van der Waals surface area contributed by atoms with Crippen LogP contribution >= 0.6 is 0 Å². The second-order valence-corrected chi connectivity index (χ2v) is 10.6. The number of carbonyl (C=O) groups excluding carboxylic acids is 2. The van der Waals surface area contributed by atoms with Crippen molar-refractivity contribution < 1.29 is 37.4 Å². The van der Waals surface area contributed by atoms with Crippen LogP contribution in [-0.2, 0) is 25.8 Å². The Labute approximate surface area is 222 Å². The van der Waals surface area contributed by atoms with Gasteiger partial charge < -0.3 is 14.6 Å². The van der Waals surface area contributed by atoms with Crippen LogP contribution < -0.4 is 4.74 Å². The molecule has 3 aromatic carbocycles. The first-order valence-corrected chi connectivity index (χ1v) is 13.9. The lowest BCUT2D eigenvalue weighted by Gasteiger charge is -2.13. The number of hydrogen-bond acceptors (Lipinski definition) is 7. The highest BCUT2D eigenvalue weighted by molar-refractivity contribution is 7.91. The van der Waals surface area contributed by atoms with Crippen molar-refractivity contribution in [2.24, 2.45) is 0 Å². The topological polar surface area (TPSA) is 124 Å². The summed E-state index contributed by atoms with van der Waals surface area (Å²) < 4.78 is 35.7. The molecule has 0 heterocycles. The van der Waals surface area contributed by atoms with Crippen LogP contribution in [0.4, 0.5) is 0 Å². The molecule has 8 nitrogen and oxygen atoms in total. The first-order valence-electron chi connectivity index (χ1n) is 12.3. The lowest BCUT2D eigenvalue weighted by Crippen LogP contribution is -2.10. The summed E-state index contributed by atoms with van der Waals surface area (Å²) in [5, 5.41) is 9.16. The van der Waals surface area contributed by atoms with Gasteiger partial charge in [-0.2, -0.15) is 0 Å². The number of aryl methyl sites for hydroxylation is 1. The number of ether oxygens (including phenoxy) is 2. The van der Waals surface area contributed by atoms with Crippen LogP contribution in [-0.4, -0.2) is 50.2 Å². The number of carbonyl (C=O) groups is 3. The highest BCUT2D eigenvalue weighted by atomic mass is 32.2. The maximum atomic E-state index is 13.1. The fraction of sp³-hybridized carbons (Fsp3) is 0.276. The Balaban J connectivity index is 1.68. The van der Waals surface area contributed by atoms with E-state index in [2.05, 4.69) is 0 Å². The van der Waals surface area contributed by atoms with Crippen LogP contribution in [0.5, 0.6) is 5.75 Å². The van der Waals surface area contributed by atoms with E-state index in [0.29, 0.717) is 35.3 Å². The molecule has 9 heteroatoms. The summed E-state index contributed by atoms with van der Waals surface area (Å²) in [6.45, 7) is 2.15. The Kier molecular flexibility index (Phi) is 10.2. The lowest BCUT2D eigenvalue weighted by atomic mass is 9.98. The minimum Gasteiger partial charge on any atom is -0.493 e. The second-order valence-electron chi connectivity index (χ2n) is 8.53. The first-order chi connectivity index (χ1) is 18.2. The Morgan fingerprint density at radius 3 is 2.26 bits per heavy atom. The second kappa shape index (κ2) is 13.5. The van der Waals surface area contributed by atoms with Gasteiger partial charge in [-0.3, -0.25) is 9.59 Å².